The van der Waals surface area contributed by atoms with Crippen LogP contribution >= 0.6 is 0 Å². The molecular weight excluding hydrogens is 330 g/mol. The van der Waals surface area contributed by atoms with E-state index in [1.807, 2.05) is 18.2 Å². The van der Waals surface area contributed by atoms with Crippen molar-refractivity contribution in [2.24, 2.45) is 0 Å². The van der Waals surface area contributed by atoms with E-state index < -0.39 is 0 Å². The second-order valence-corrected chi connectivity index (χ2v) is 6.53. The predicted octanol–water partition coefficient (Wildman–Crippen LogP) is 3.96. The molecule has 5 heteroatoms. The number of amides is 1. The van der Waals surface area contributed by atoms with Crippen LogP contribution in [0.25, 0.3) is 6.08 Å². The molecule has 1 aromatic carbocycles. The zero-order chi connectivity index (χ0) is 18.6. The quantitative estimate of drug-likeness (QED) is 0.479. The Hall–Kier alpha value is -2.01. The molecular formula is C21H31NO4. The fraction of sp³-hybridized carbons (Fsp3) is 0.571. The van der Waals surface area contributed by atoms with E-state index in [0.717, 1.165) is 37.2 Å². The van der Waals surface area contributed by atoms with Crippen LogP contribution in [0.5, 0.6) is 11.5 Å². The summed E-state index contributed by atoms with van der Waals surface area (Å²) in [6.07, 6.45) is 10.2. The van der Waals surface area contributed by atoms with E-state index in [-0.39, 0.29) is 12.0 Å². The first kappa shape index (κ1) is 20.3. The topological polar surface area (TPSA) is 56.8 Å². The number of hydrogen-bond acceptors (Lipinski definition) is 4. The largest absolute Gasteiger partial charge is 0.493 e. The SMILES string of the molecule is CCCCCCOc1ccc(/C=C/C(=O)NC[C@H]2CCCO2)cc1OC. The van der Waals surface area contributed by atoms with E-state index in [9.17, 15) is 4.79 Å². The molecule has 1 saturated heterocycles. The highest BCUT2D eigenvalue weighted by Crippen LogP contribution is 2.28. The van der Waals surface area contributed by atoms with Crippen molar-refractivity contribution in [3.8, 4) is 11.5 Å². The van der Waals surface area contributed by atoms with Gasteiger partial charge in [0.2, 0.25) is 5.91 Å². The summed E-state index contributed by atoms with van der Waals surface area (Å²) in [6, 6.07) is 5.70. The Bertz CT molecular complexity index is 579. The van der Waals surface area contributed by atoms with Gasteiger partial charge in [0.15, 0.2) is 11.5 Å². The minimum absolute atomic E-state index is 0.115. The summed E-state index contributed by atoms with van der Waals surface area (Å²) in [5.74, 6) is 1.31. The molecule has 2 rings (SSSR count). The number of hydrogen-bond donors (Lipinski definition) is 1. The van der Waals surface area contributed by atoms with E-state index in [4.69, 9.17) is 14.2 Å². The standard InChI is InChI=1S/C21H31NO4/c1-3-4-5-6-13-26-19-11-9-17(15-20(19)24-2)10-12-21(23)22-16-18-8-7-14-25-18/h9-12,15,18H,3-8,13-14,16H2,1-2H3,(H,22,23)/b12-10+/t18-/m1/s1. The van der Waals surface area contributed by atoms with Gasteiger partial charge in [-0.25, -0.2) is 0 Å². The molecule has 1 N–H and O–H groups in total. The van der Waals surface area contributed by atoms with Crippen molar-refractivity contribution < 1.29 is 19.0 Å². The smallest absolute Gasteiger partial charge is 0.244 e. The van der Waals surface area contributed by atoms with Crippen LogP contribution in [0.3, 0.4) is 0 Å². The molecule has 144 valence electrons. The van der Waals surface area contributed by atoms with E-state index in [0.29, 0.717) is 18.9 Å². The number of carbonyl (C=O) groups excluding carboxylic acids is 1. The highest BCUT2D eigenvalue weighted by atomic mass is 16.5. The number of rotatable bonds is 11. The number of unbranched alkanes of at least 4 members (excludes halogenated alkanes) is 3. The van der Waals surface area contributed by atoms with Crippen LogP contribution in [0.2, 0.25) is 0 Å². The average molecular weight is 361 g/mol. The van der Waals surface area contributed by atoms with E-state index in [1.54, 1.807) is 13.2 Å². The van der Waals surface area contributed by atoms with Gasteiger partial charge in [0.05, 0.1) is 19.8 Å². The molecule has 0 spiro atoms. The van der Waals surface area contributed by atoms with Crippen LogP contribution in [0, 0.1) is 0 Å². The molecule has 1 amide bonds. The van der Waals surface area contributed by atoms with Crippen molar-refractivity contribution in [3.63, 3.8) is 0 Å². The number of benzene rings is 1. The summed E-state index contributed by atoms with van der Waals surface area (Å²) >= 11 is 0. The normalized spacial score (nSPS) is 16.8. The molecule has 1 fully saturated rings. The van der Waals surface area contributed by atoms with E-state index in [1.165, 1.54) is 25.3 Å². The Morgan fingerprint density at radius 2 is 2.19 bits per heavy atom. The van der Waals surface area contributed by atoms with Gasteiger partial charge in [-0.05, 0) is 43.0 Å². The van der Waals surface area contributed by atoms with Gasteiger partial charge in [-0.3, -0.25) is 4.79 Å². The first-order valence-corrected chi connectivity index (χ1v) is 9.61. The molecule has 1 heterocycles. The maximum atomic E-state index is 11.9. The van der Waals surface area contributed by atoms with Crippen molar-refractivity contribution in [2.75, 3.05) is 26.9 Å². The van der Waals surface area contributed by atoms with Crippen molar-refractivity contribution in [1.82, 2.24) is 5.32 Å². The summed E-state index contributed by atoms with van der Waals surface area (Å²) in [5.41, 5.74) is 0.896. The maximum Gasteiger partial charge on any atom is 0.244 e. The third-order valence-corrected chi connectivity index (χ3v) is 4.40. The zero-order valence-electron chi connectivity index (χ0n) is 16.0. The highest BCUT2D eigenvalue weighted by molar-refractivity contribution is 5.91. The lowest BCUT2D eigenvalue weighted by Crippen LogP contribution is -2.30. The molecule has 1 aliphatic rings. The summed E-state index contributed by atoms with van der Waals surface area (Å²) in [5, 5.41) is 2.87. The van der Waals surface area contributed by atoms with Gasteiger partial charge in [0, 0.05) is 19.2 Å². The van der Waals surface area contributed by atoms with Crippen molar-refractivity contribution in [1.29, 1.82) is 0 Å². The molecule has 1 aliphatic heterocycles. The number of methoxy groups -OCH3 is 1. The monoisotopic (exact) mass is 361 g/mol. The van der Waals surface area contributed by atoms with Crippen LogP contribution in [0.15, 0.2) is 24.3 Å². The Labute approximate surface area is 156 Å². The molecule has 0 aromatic heterocycles. The van der Waals surface area contributed by atoms with Gasteiger partial charge >= 0.3 is 0 Å². The first-order valence-electron chi connectivity index (χ1n) is 9.61. The minimum atomic E-state index is -0.115. The summed E-state index contributed by atoms with van der Waals surface area (Å²) in [6.45, 7) is 4.25. The van der Waals surface area contributed by atoms with Gasteiger partial charge in [-0.15, -0.1) is 0 Å². The molecule has 0 bridgehead atoms. The summed E-state index contributed by atoms with van der Waals surface area (Å²) in [4.78, 5) is 11.9. The van der Waals surface area contributed by atoms with Crippen molar-refractivity contribution in [3.05, 3.63) is 29.8 Å². The number of carbonyl (C=O) groups is 1. The second kappa shape index (κ2) is 11.6. The van der Waals surface area contributed by atoms with E-state index >= 15 is 0 Å². The molecule has 0 radical (unpaired) electrons. The van der Waals surface area contributed by atoms with Gasteiger partial charge < -0.3 is 19.5 Å². The lowest BCUT2D eigenvalue weighted by atomic mass is 10.2. The molecule has 0 saturated carbocycles. The Kier molecular flexibility index (Phi) is 9.04. The number of ether oxygens (including phenoxy) is 3. The van der Waals surface area contributed by atoms with Gasteiger partial charge in [-0.1, -0.05) is 32.3 Å². The van der Waals surface area contributed by atoms with Crippen LogP contribution in [-0.2, 0) is 9.53 Å². The first-order chi connectivity index (χ1) is 12.7. The minimum Gasteiger partial charge on any atom is -0.493 e. The molecule has 1 atom stereocenters. The summed E-state index contributed by atoms with van der Waals surface area (Å²) < 4.78 is 16.7. The van der Waals surface area contributed by atoms with Gasteiger partial charge in [-0.2, -0.15) is 0 Å². The van der Waals surface area contributed by atoms with Crippen LogP contribution in [0.1, 0.15) is 51.0 Å². The Morgan fingerprint density at radius 3 is 2.92 bits per heavy atom. The predicted molar refractivity (Wildman–Crippen MR) is 104 cm³/mol. The van der Waals surface area contributed by atoms with Gasteiger partial charge in [0.1, 0.15) is 0 Å². The molecule has 0 unspecified atom stereocenters. The molecule has 26 heavy (non-hydrogen) atoms. The third-order valence-electron chi connectivity index (χ3n) is 4.40. The molecule has 0 aliphatic carbocycles. The lowest BCUT2D eigenvalue weighted by molar-refractivity contribution is -0.116. The van der Waals surface area contributed by atoms with Crippen molar-refractivity contribution >= 4 is 12.0 Å². The Morgan fingerprint density at radius 1 is 1.31 bits per heavy atom. The van der Waals surface area contributed by atoms with Crippen LogP contribution in [-0.4, -0.2) is 38.9 Å². The lowest BCUT2D eigenvalue weighted by Gasteiger charge is -2.11. The van der Waals surface area contributed by atoms with Gasteiger partial charge in [0.25, 0.3) is 0 Å². The zero-order valence-corrected chi connectivity index (χ0v) is 16.0. The van der Waals surface area contributed by atoms with E-state index in [2.05, 4.69) is 12.2 Å². The molecule has 5 nitrogen and oxygen atoms in total. The maximum absolute atomic E-state index is 11.9. The Balaban J connectivity index is 1.81. The number of nitrogens with one attached hydrogen (secondary N) is 1. The average Bonchev–Trinajstić information content (AvgIpc) is 3.18. The van der Waals surface area contributed by atoms with Crippen LogP contribution < -0.4 is 14.8 Å². The fourth-order valence-electron chi connectivity index (χ4n) is 2.87. The third kappa shape index (κ3) is 7.08. The molecule has 1 aromatic rings. The highest BCUT2D eigenvalue weighted by Gasteiger charge is 2.15. The van der Waals surface area contributed by atoms with Crippen LogP contribution in [0.4, 0.5) is 0 Å². The summed E-state index contributed by atoms with van der Waals surface area (Å²) in [7, 11) is 1.63. The second-order valence-electron chi connectivity index (χ2n) is 6.53. The fourth-order valence-corrected chi connectivity index (χ4v) is 2.87. The van der Waals surface area contributed by atoms with Crippen molar-refractivity contribution in [2.45, 2.75) is 51.6 Å².